The second-order valence-electron chi connectivity index (χ2n) is 18.1. The van der Waals surface area contributed by atoms with Crippen LogP contribution < -0.4 is 0 Å². The molecule has 338 valence electrons. The molecule has 1 fully saturated rings. The minimum absolute atomic E-state index is 0.0925. The largest absolute Gasteiger partial charge is 0.417 e. The predicted octanol–water partition coefficient (Wildman–Crippen LogP) is 10.4. The highest BCUT2D eigenvalue weighted by atomic mass is 19.4. The second-order valence-corrected chi connectivity index (χ2v) is 18.1. The van der Waals surface area contributed by atoms with Gasteiger partial charge in [-0.1, -0.05) is 55.5 Å². The molecule has 0 amide bonds. The van der Waals surface area contributed by atoms with Crippen LogP contribution in [-0.2, 0) is 25.4 Å². The van der Waals surface area contributed by atoms with Gasteiger partial charge in [0.15, 0.2) is 34.7 Å². The molecule has 0 N–H and O–H groups in total. The maximum atomic E-state index is 15.1. The molecule has 0 spiro atoms. The van der Waals surface area contributed by atoms with Crippen molar-refractivity contribution in [1.82, 2.24) is 15.0 Å². The van der Waals surface area contributed by atoms with Crippen LogP contribution in [0.1, 0.15) is 129 Å². The third-order valence-corrected chi connectivity index (χ3v) is 13.9. The number of ketones is 6. The number of alkyl halides is 3. The summed E-state index contributed by atoms with van der Waals surface area (Å²) in [5.74, 6) is -2.41. The number of halogens is 3. The van der Waals surface area contributed by atoms with Crippen LogP contribution in [0.4, 0.5) is 13.2 Å². The van der Waals surface area contributed by atoms with E-state index in [0.717, 1.165) is 6.07 Å². The zero-order valence-corrected chi connectivity index (χ0v) is 37.2. The van der Waals surface area contributed by atoms with Crippen LogP contribution in [0.25, 0.3) is 11.1 Å². The van der Waals surface area contributed by atoms with Crippen molar-refractivity contribution in [2.24, 2.45) is 5.41 Å². The zero-order valence-electron chi connectivity index (χ0n) is 37.2. The van der Waals surface area contributed by atoms with Gasteiger partial charge >= 0.3 is 6.18 Å². The van der Waals surface area contributed by atoms with E-state index in [0.29, 0.717) is 74.1 Å². The molecule has 2 unspecified atom stereocenters. The molecular formula is C56H37F3N4O6. The molecule has 2 atom stereocenters. The third-order valence-electron chi connectivity index (χ3n) is 13.9. The van der Waals surface area contributed by atoms with E-state index in [-0.39, 0.29) is 93.0 Å². The SMILES string of the molecule is CC1=C(Cc2ccc(-c3ccc4c(c3)C(=O)C(C3(C)CC3c3ccc5c(c3)C(=O)C(C)=C(Cc3ccc(C#N)cn3)C5=O)=C(Cc3ccc(C(F)(F)F)cn3)C4=O)cn2)C(=O)c2ccccc2C1=O. The Morgan fingerprint density at radius 2 is 1.07 bits per heavy atom. The minimum atomic E-state index is -4.63. The molecule has 4 aliphatic carbocycles. The summed E-state index contributed by atoms with van der Waals surface area (Å²) < 4.78 is 40.6. The van der Waals surface area contributed by atoms with Crippen molar-refractivity contribution in [2.75, 3.05) is 0 Å². The molecule has 10 nitrogen and oxygen atoms in total. The van der Waals surface area contributed by atoms with Gasteiger partial charge in [-0.25, -0.2) is 0 Å². The standard InChI is InChI=1S/C56H37F3N4O6/c1-28-42(51(66)39-7-5-4-6-38(39)49(28)64)21-36-14-9-33(26-62-36)31-10-16-41-45(18-31)54(69)48(46(53(41)68)22-37-15-12-34(27-63-37)56(57,58)59)55(3)23-47(55)32-11-17-40-44(19-32)50(65)29(2)43(52(40)67)20-35-13-8-30(24-60)25-61-35/h4-19,25-27,47H,20-23H2,1-3H3. The number of hydrogen-bond donors (Lipinski definition) is 0. The van der Waals surface area contributed by atoms with Crippen LogP contribution in [-0.4, -0.2) is 49.7 Å². The van der Waals surface area contributed by atoms with E-state index >= 15 is 4.79 Å². The number of benzene rings is 3. The Bertz CT molecular complexity index is 3470. The summed E-state index contributed by atoms with van der Waals surface area (Å²) in [5, 5.41) is 9.16. The molecule has 0 bridgehead atoms. The van der Waals surface area contributed by atoms with Crippen molar-refractivity contribution in [3.63, 3.8) is 0 Å². The summed E-state index contributed by atoms with van der Waals surface area (Å²) in [7, 11) is 0. The molecule has 0 saturated heterocycles. The lowest BCUT2D eigenvalue weighted by atomic mass is 9.74. The van der Waals surface area contributed by atoms with Crippen LogP contribution in [0, 0.1) is 16.7 Å². The molecule has 1 saturated carbocycles. The fourth-order valence-electron chi connectivity index (χ4n) is 9.91. The van der Waals surface area contributed by atoms with Gasteiger partial charge in [0.25, 0.3) is 0 Å². The number of allylic oxidation sites excluding steroid dienone is 6. The first-order valence-corrected chi connectivity index (χ1v) is 22.1. The van der Waals surface area contributed by atoms with Crippen molar-refractivity contribution >= 4 is 34.7 Å². The van der Waals surface area contributed by atoms with E-state index < -0.39 is 28.7 Å². The molecule has 3 aromatic heterocycles. The fraction of sp³-hybridized carbons (Fsp3) is 0.179. The molecule has 69 heavy (non-hydrogen) atoms. The van der Waals surface area contributed by atoms with E-state index in [1.807, 2.05) is 13.0 Å². The summed E-state index contributed by atoms with van der Waals surface area (Å²) in [6, 6.07) is 27.4. The van der Waals surface area contributed by atoms with Gasteiger partial charge in [0.2, 0.25) is 0 Å². The summed E-state index contributed by atoms with van der Waals surface area (Å²) >= 11 is 0. The first kappa shape index (κ1) is 44.5. The second kappa shape index (κ2) is 16.4. The van der Waals surface area contributed by atoms with Gasteiger partial charge < -0.3 is 0 Å². The molecule has 0 aliphatic heterocycles. The van der Waals surface area contributed by atoms with E-state index in [1.54, 1.807) is 105 Å². The third kappa shape index (κ3) is 7.58. The van der Waals surface area contributed by atoms with Gasteiger partial charge in [0.05, 0.1) is 11.1 Å². The van der Waals surface area contributed by atoms with Crippen molar-refractivity contribution in [2.45, 2.75) is 58.5 Å². The monoisotopic (exact) mass is 918 g/mol. The number of hydrogen-bond acceptors (Lipinski definition) is 10. The van der Waals surface area contributed by atoms with Crippen LogP contribution in [0.5, 0.6) is 0 Å². The fourth-order valence-corrected chi connectivity index (χ4v) is 9.91. The molecular weight excluding hydrogens is 882 g/mol. The van der Waals surface area contributed by atoms with Gasteiger partial charge in [-0.2, -0.15) is 18.4 Å². The van der Waals surface area contributed by atoms with Crippen molar-refractivity contribution in [3.8, 4) is 17.2 Å². The Morgan fingerprint density at radius 1 is 0.565 bits per heavy atom. The quantitative estimate of drug-likeness (QED) is 0.136. The van der Waals surface area contributed by atoms with E-state index in [4.69, 9.17) is 5.26 Å². The number of Topliss-reactive ketones (excluding diaryl/α,β-unsaturated/α-hetero) is 6. The maximum absolute atomic E-state index is 15.1. The van der Waals surface area contributed by atoms with E-state index in [1.165, 1.54) is 12.3 Å². The number of carbonyl (C=O) groups is 6. The van der Waals surface area contributed by atoms with Gasteiger partial charge in [-0.05, 0) is 85.8 Å². The van der Waals surface area contributed by atoms with E-state index in [2.05, 4.69) is 15.0 Å². The summed E-state index contributed by atoms with van der Waals surface area (Å²) in [4.78, 5) is 97.0. The minimum Gasteiger partial charge on any atom is -0.289 e. The molecule has 13 heteroatoms. The average molecular weight is 919 g/mol. The lowest BCUT2D eigenvalue weighted by Gasteiger charge is -2.27. The van der Waals surface area contributed by atoms with Gasteiger partial charge in [0, 0.05) is 133 Å². The van der Waals surface area contributed by atoms with E-state index in [9.17, 15) is 37.1 Å². The number of nitriles is 1. The van der Waals surface area contributed by atoms with Crippen LogP contribution in [0.15, 0.2) is 149 Å². The topological polar surface area (TPSA) is 165 Å². The Hall–Kier alpha value is -8.37. The van der Waals surface area contributed by atoms with Crippen LogP contribution in [0.2, 0.25) is 0 Å². The zero-order chi connectivity index (χ0) is 48.7. The number of rotatable bonds is 9. The predicted molar refractivity (Wildman–Crippen MR) is 246 cm³/mol. The first-order valence-electron chi connectivity index (χ1n) is 22.1. The number of aromatic nitrogens is 3. The van der Waals surface area contributed by atoms with Crippen LogP contribution in [0.3, 0.4) is 0 Å². The highest BCUT2D eigenvalue weighted by Crippen LogP contribution is 2.65. The Kier molecular flexibility index (Phi) is 10.6. The summed E-state index contributed by atoms with van der Waals surface area (Å²) in [6.07, 6.45) is -0.567. The Balaban J connectivity index is 0.967. The number of nitrogens with zero attached hydrogens (tertiary/aromatic N) is 4. The Morgan fingerprint density at radius 3 is 1.64 bits per heavy atom. The number of carbonyl (C=O) groups excluding carboxylic acids is 6. The number of fused-ring (bicyclic) bond motifs is 3. The Labute approximate surface area is 393 Å². The highest BCUT2D eigenvalue weighted by Gasteiger charge is 2.58. The molecule has 10 rings (SSSR count). The normalized spacial score (nSPS) is 18.9. The van der Waals surface area contributed by atoms with Gasteiger partial charge in [-0.15, -0.1) is 0 Å². The molecule has 3 aromatic carbocycles. The van der Waals surface area contributed by atoms with Crippen molar-refractivity contribution in [1.29, 1.82) is 5.26 Å². The van der Waals surface area contributed by atoms with Crippen molar-refractivity contribution < 1.29 is 41.9 Å². The molecule has 3 heterocycles. The molecule has 0 radical (unpaired) electrons. The number of pyridine rings is 3. The maximum Gasteiger partial charge on any atom is 0.417 e. The first-order chi connectivity index (χ1) is 33.0. The molecule has 4 aliphatic rings. The lowest BCUT2D eigenvalue weighted by Crippen LogP contribution is -2.28. The molecule has 6 aromatic rings. The summed E-state index contributed by atoms with van der Waals surface area (Å²) in [6.45, 7) is 5.07. The lowest BCUT2D eigenvalue weighted by molar-refractivity contribution is -0.137. The van der Waals surface area contributed by atoms with Gasteiger partial charge in [-0.3, -0.25) is 43.7 Å². The highest BCUT2D eigenvalue weighted by molar-refractivity contribution is 6.29. The van der Waals surface area contributed by atoms with Crippen molar-refractivity contribution in [3.05, 3.63) is 216 Å². The van der Waals surface area contributed by atoms with Gasteiger partial charge in [0.1, 0.15) is 6.07 Å². The average Bonchev–Trinajstić information content (AvgIpc) is 4.05. The summed E-state index contributed by atoms with van der Waals surface area (Å²) in [5.41, 5.74) is 4.48. The smallest absolute Gasteiger partial charge is 0.289 e. The van der Waals surface area contributed by atoms with Crippen LogP contribution >= 0.6 is 0 Å².